The van der Waals surface area contributed by atoms with Crippen LogP contribution in [0.4, 0.5) is 20.2 Å². The number of carbonyl (C=O) groups is 1. The normalized spacial score (nSPS) is 10.5. The lowest BCUT2D eigenvalue weighted by Gasteiger charge is -2.12. The Morgan fingerprint density at radius 1 is 1.21 bits per heavy atom. The van der Waals surface area contributed by atoms with Crippen LogP contribution in [0.2, 0.25) is 10.0 Å². The van der Waals surface area contributed by atoms with E-state index >= 15 is 0 Å². The number of alkyl halides is 2. The molecule has 1 N–H and O–H groups in total. The maximum absolute atomic E-state index is 12.4. The van der Waals surface area contributed by atoms with Crippen molar-refractivity contribution < 1.29 is 23.2 Å². The summed E-state index contributed by atoms with van der Waals surface area (Å²) >= 11 is 11.6. The van der Waals surface area contributed by atoms with E-state index in [-0.39, 0.29) is 27.0 Å². The molecule has 6 nitrogen and oxygen atoms in total. The second kappa shape index (κ2) is 7.41. The highest BCUT2D eigenvalue weighted by Gasteiger charge is 2.21. The Labute approximate surface area is 144 Å². The van der Waals surface area contributed by atoms with Crippen LogP contribution in [0.5, 0.6) is 5.75 Å². The highest BCUT2D eigenvalue weighted by Crippen LogP contribution is 2.32. The fourth-order valence-corrected chi connectivity index (χ4v) is 2.35. The average molecular weight is 377 g/mol. The second-order valence-corrected chi connectivity index (χ2v) is 5.18. The molecule has 0 bridgehead atoms. The molecule has 0 saturated carbocycles. The van der Waals surface area contributed by atoms with E-state index < -0.39 is 23.1 Å². The number of nitro groups is 1. The molecule has 0 aliphatic heterocycles. The first-order chi connectivity index (χ1) is 11.3. The van der Waals surface area contributed by atoms with Gasteiger partial charge < -0.3 is 10.1 Å². The summed E-state index contributed by atoms with van der Waals surface area (Å²) in [6, 6.07) is 7.43. The highest BCUT2D eigenvalue weighted by atomic mass is 35.5. The SMILES string of the molecule is O=C(Nc1ccccc1OC(F)F)c1cc([N+](=O)[O-])c(Cl)cc1Cl. The average Bonchev–Trinajstić information content (AvgIpc) is 2.48. The van der Waals surface area contributed by atoms with Crippen LogP contribution in [0.1, 0.15) is 10.4 Å². The Morgan fingerprint density at radius 2 is 1.88 bits per heavy atom. The lowest BCUT2D eigenvalue weighted by Crippen LogP contribution is -2.14. The molecule has 0 saturated heterocycles. The van der Waals surface area contributed by atoms with Crippen LogP contribution >= 0.6 is 23.2 Å². The number of rotatable bonds is 5. The molecule has 0 atom stereocenters. The molecule has 0 unspecified atom stereocenters. The van der Waals surface area contributed by atoms with Gasteiger partial charge in [-0.1, -0.05) is 35.3 Å². The van der Waals surface area contributed by atoms with E-state index in [1.807, 2.05) is 0 Å². The summed E-state index contributed by atoms with van der Waals surface area (Å²) in [6.07, 6.45) is 0. The molecule has 0 fully saturated rings. The Balaban J connectivity index is 2.34. The summed E-state index contributed by atoms with van der Waals surface area (Å²) in [5.41, 5.74) is -0.792. The van der Waals surface area contributed by atoms with Gasteiger partial charge in [0.25, 0.3) is 11.6 Å². The van der Waals surface area contributed by atoms with E-state index in [1.54, 1.807) is 0 Å². The lowest BCUT2D eigenvalue weighted by molar-refractivity contribution is -0.384. The minimum absolute atomic E-state index is 0.0449. The third-order valence-electron chi connectivity index (χ3n) is 2.83. The molecule has 0 spiro atoms. The van der Waals surface area contributed by atoms with Gasteiger partial charge >= 0.3 is 6.61 Å². The summed E-state index contributed by atoms with van der Waals surface area (Å²) in [5.74, 6) is -1.11. The van der Waals surface area contributed by atoms with Crippen molar-refractivity contribution in [2.24, 2.45) is 0 Å². The van der Waals surface area contributed by atoms with Crippen molar-refractivity contribution >= 4 is 40.5 Å². The molecule has 126 valence electrons. The topological polar surface area (TPSA) is 81.5 Å². The number of anilines is 1. The monoisotopic (exact) mass is 376 g/mol. The molecule has 0 aliphatic rings. The van der Waals surface area contributed by atoms with Gasteiger partial charge in [-0.05, 0) is 18.2 Å². The number of ether oxygens (including phenoxy) is 1. The molecule has 2 rings (SSSR count). The highest BCUT2D eigenvalue weighted by molar-refractivity contribution is 6.38. The van der Waals surface area contributed by atoms with E-state index in [2.05, 4.69) is 10.1 Å². The van der Waals surface area contributed by atoms with Crippen LogP contribution in [0.15, 0.2) is 36.4 Å². The third kappa shape index (κ3) is 4.09. The van der Waals surface area contributed by atoms with Crippen LogP contribution in [-0.2, 0) is 0 Å². The Hall–Kier alpha value is -2.45. The molecule has 1 amide bonds. The Bertz CT molecular complexity index is 802. The largest absolute Gasteiger partial charge is 0.433 e. The maximum atomic E-state index is 12.4. The first-order valence-electron chi connectivity index (χ1n) is 6.28. The third-order valence-corrected chi connectivity index (χ3v) is 3.44. The van der Waals surface area contributed by atoms with Crippen molar-refractivity contribution in [3.63, 3.8) is 0 Å². The Kier molecular flexibility index (Phi) is 5.53. The van der Waals surface area contributed by atoms with E-state index in [9.17, 15) is 23.7 Å². The van der Waals surface area contributed by atoms with Crippen LogP contribution in [0.3, 0.4) is 0 Å². The van der Waals surface area contributed by atoms with Gasteiger partial charge in [-0.15, -0.1) is 0 Å². The summed E-state index contributed by atoms with van der Waals surface area (Å²) in [7, 11) is 0. The first kappa shape index (κ1) is 17.9. The van der Waals surface area contributed by atoms with E-state index in [1.165, 1.54) is 24.3 Å². The molecule has 0 aromatic heterocycles. The number of carbonyl (C=O) groups excluding carboxylic acids is 1. The zero-order chi connectivity index (χ0) is 17.9. The lowest BCUT2D eigenvalue weighted by atomic mass is 10.1. The van der Waals surface area contributed by atoms with Gasteiger partial charge in [0.1, 0.15) is 10.8 Å². The summed E-state index contributed by atoms with van der Waals surface area (Å²) in [6.45, 7) is -3.08. The number of hydrogen-bond donors (Lipinski definition) is 1. The Morgan fingerprint density at radius 3 is 2.50 bits per heavy atom. The smallest absolute Gasteiger partial charge is 0.387 e. The number of nitro benzene ring substituents is 1. The molecular formula is C14H8Cl2F2N2O4. The minimum atomic E-state index is -3.08. The zero-order valence-corrected chi connectivity index (χ0v) is 13.1. The predicted octanol–water partition coefficient (Wildman–Crippen LogP) is 4.76. The second-order valence-electron chi connectivity index (χ2n) is 4.37. The fraction of sp³-hybridized carbons (Fsp3) is 0.0714. The van der Waals surface area contributed by atoms with Gasteiger partial charge in [-0.3, -0.25) is 14.9 Å². The van der Waals surface area contributed by atoms with Crippen molar-refractivity contribution in [3.8, 4) is 5.75 Å². The molecule has 0 aliphatic carbocycles. The van der Waals surface area contributed by atoms with Crippen LogP contribution < -0.4 is 10.1 Å². The standard InChI is InChI=1S/C14H8Cl2F2N2O4/c15-8-6-9(16)11(20(22)23)5-7(8)13(21)19-10-3-1-2-4-12(10)24-14(17)18/h1-6,14H,(H,19,21). The van der Waals surface area contributed by atoms with Gasteiger partial charge in [-0.25, -0.2) is 0 Å². The minimum Gasteiger partial charge on any atom is -0.433 e. The van der Waals surface area contributed by atoms with E-state index in [0.717, 1.165) is 12.1 Å². The predicted molar refractivity (Wildman–Crippen MR) is 84.1 cm³/mol. The molecule has 0 heterocycles. The van der Waals surface area contributed by atoms with Crippen molar-refractivity contribution in [2.75, 3.05) is 5.32 Å². The molecule has 24 heavy (non-hydrogen) atoms. The fourth-order valence-electron chi connectivity index (χ4n) is 1.81. The maximum Gasteiger partial charge on any atom is 0.387 e. The van der Waals surface area contributed by atoms with Gasteiger partial charge in [0.05, 0.1) is 21.2 Å². The number of benzene rings is 2. The molecular weight excluding hydrogens is 369 g/mol. The molecule has 2 aromatic carbocycles. The van der Waals surface area contributed by atoms with Crippen molar-refractivity contribution in [3.05, 3.63) is 62.1 Å². The van der Waals surface area contributed by atoms with E-state index in [4.69, 9.17) is 23.2 Å². The summed E-state index contributed by atoms with van der Waals surface area (Å²) in [4.78, 5) is 22.4. The van der Waals surface area contributed by atoms with Crippen molar-refractivity contribution in [1.82, 2.24) is 0 Å². The van der Waals surface area contributed by atoms with Gasteiger partial charge in [-0.2, -0.15) is 8.78 Å². The zero-order valence-electron chi connectivity index (χ0n) is 11.6. The molecule has 2 aromatic rings. The first-order valence-corrected chi connectivity index (χ1v) is 7.04. The number of amides is 1. The summed E-state index contributed by atoms with van der Waals surface area (Å²) in [5, 5.41) is 12.8. The molecule has 0 radical (unpaired) electrons. The number of hydrogen-bond acceptors (Lipinski definition) is 4. The molecule has 10 heteroatoms. The summed E-state index contributed by atoms with van der Waals surface area (Å²) < 4.78 is 29.0. The quantitative estimate of drug-likeness (QED) is 0.602. The van der Waals surface area contributed by atoms with Gasteiger partial charge in [0.15, 0.2) is 0 Å². The van der Waals surface area contributed by atoms with Crippen LogP contribution in [-0.4, -0.2) is 17.4 Å². The number of nitrogens with one attached hydrogen (secondary N) is 1. The van der Waals surface area contributed by atoms with Crippen LogP contribution in [0, 0.1) is 10.1 Å². The number of halogens is 4. The van der Waals surface area contributed by atoms with Crippen molar-refractivity contribution in [2.45, 2.75) is 6.61 Å². The number of para-hydroxylation sites is 2. The number of nitrogens with zero attached hydrogens (tertiary/aromatic N) is 1. The van der Waals surface area contributed by atoms with Crippen LogP contribution in [0.25, 0.3) is 0 Å². The van der Waals surface area contributed by atoms with Crippen molar-refractivity contribution in [1.29, 1.82) is 0 Å². The van der Waals surface area contributed by atoms with Gasteiger partial charge in [0.2, 0.25) is 0 Å². The van der Waals surface area contributed by atoms with Gasteiger partial charge in [0, 0.05) is 6.07 Å². The van der Waals surface area contributed by atoms with E-state index in [0.29, 0.717) is 0 Å².